The van der Waals surface area contributed by atoms with Crippen molar-refractivity contribution in [2.75, 3.05) is 26.2 Å². The Morgan fingerprint density at radius 2 is 1.86 bits per heavy atom. The number of nitrogens with zero attached hydrogens (tertiary/aromatic N) is 1. The summed E-state index contributed by atoms with van der Waals surface area (Å²) in [7, 11) is 0. The summed E-state index contributed by atoms with van der Waals surface area (Å²) in [6, 6.07) is 7.28. The van der Waals surface area contributed by atoms with Crippen molar-refractivity contribution in [3.8, 4) is 0 Å². The largest absolute Gasteiger partial charge is 0.465 e. The maximum Gasteiger partial charge on any atom is 0.320 e. The molecule has 0 aliphatic heterocycles. The molecule has 0 atom stereocenters. The van der Waals surface area contributed by atoms with E-state index in [2.05, 4.69) is 5.32 Å². The molecule has 0 aliphatic carbocycles. The van der Waals surface area contributed by atoms with Crippen LogP contribution in [0.3, 0.4) is 0 Å². The Balaban J connectivity index is 2.37. The van der Waals surface area contributed by atoms with E-state index >= 15 is 0 Å². The van der Waals surface area contributed by atoms with Gasteiger partial charge >= 0.3 is 5.97 Å². The zero-order valence-electron chi connectivity index (χ0n) is 12.4. The van der Waals surface area contributed by atoms with Gasteiger partial charge in [0.25, 0.3) is 0 Å². The number of rotatable bonds is 8. The number of hydrogen-bond donors (Lipinski definition) is 1. The van der Waals surface area contributed by atoms with Crippen LogP contribution in [0, 0.1) is 0 Å². The van der Waals surface area contributed by atoms with Crippen LogP contribution >= 0.6 is 11.6 Å². The van der Waals surface area contributed by atoms with E-state index in [-0.39, 0.29) is 25.0 Å². The van der Waals surface area contributed by atoms with Crippen LogP contribution in [0.25, 0.3) is 0 Å². The van der Waals surface area contributed by atoms with Crippen molar-refractivity contribution in [2.45, 2.75) is 20.4 Å². The highest BCUT2D eigenvalue weighted by atomic mass is 35.5. The fourth-order valence-corrected chi connectivity index (χ4v) is 1.86. The maximum absolute atomic E-state index is 11.9. The Morgan fingerprint density at radius 1 is 1.19 bits per heavy atom. The smallest absolute Gasteiger partial charge is 0.320 e. The third kappa shape index (κ3) is 7.11. The number of amides is 1. The molecule has 0 unspecified atom stereocenters. The van der Waals surface area contributed by atoms with Gasteiger partial charge in [0.2, 0.25) is 5.91 Å². The summed E-state index contributed by atoms with van der Waals surface area (Å²) < 4.78 is 4.87. The first-order valence-electron chi connectivity index (χ1n) is 6.94. The molecule has 0 aliphatic rings. The first-order chi connectivity index (χ1) is 10.0. The molecule has 1 aromatic carbocycles. The van der Waals surface area contributed by atoms with Gasteiger partial charge in [-0.3, -0.25) is 14.5 Å². The SMILES string of the molecule is CCOC(=O)CN(CC)CC(=O)NCc1ccc(Cl)cc1. The molecule has 116 valence electrons. The molecule has 0 fully saturated rings. The monoisotopic (exact) mass is 312 g/mol. The van der Waals surface area contributed by atoms with Crippen LogP contribution in [0.15, 0.2) is 24.3 Å². The zero-order valence-corrected chi connectivity index (χ0v) is 13.2. The van der Waals surface area contributed by atoms with Crippen LogP contribution < -0.4 is 5.32 Å². The average Bonchev–Trinajstić information content (AvgIpc) is 2.46. The second kappa shape index (κ2) is 9.37. The Hall–Kier alpha value is -1.59. The molecular formula is C15H21ClN2O3. The van der Waals surface area contributed by atoms with Gasteiger partial charge < -0.3 is 10.1 Å². The van der Waals surface area contributed by atoms with E-state index in [0.29, 0.717) is 24.7 Å². The van der Waals surface area contributed by atoms with Gasteiger partial charge in [0.15, 0.2) is 0 Å². The minimum absolute atomic E-state index is 0.124. The van der Waals surface area contributed by atoms with Crippen molar-refractivity contribution in [3.05, 3.63) is 34.9 Å². The normalized spacial score (nSPS) is 10.5. The average molecular weight is 313 g/mol. The van der Waals surface area contributed by atoms with Crippen molar-refractivity contribution in [1.29, 1.82) is 0 Å². The molecule has 6 heteroatoms. The molecule has 1 rings (SSSR count). The van der Waals surface area contributed by atoms with Crippen molar-refractivity contribution < 1.29 is 14.3 Å². The summed E-state index contributed by atoms with van der Waals surface area (Å²) in [5.41, 5.74) is 0.973. The van der Waals surface area contributed by atoms with E-state index < -0.39 is 0 Å². The van der Waals surface area contributed by atoms with Crippen LogP contribution in [0.1, 0.15) is 19.4 Å². The molecule has 0 heterocycles. The van der Waals surface area contributed by atoms with E-state index in [9.17, 15) is 9.59 Å². The van der Waals surface area contributed by atoms with E-state index in [4.69, 9.17) is 16.3 Å². The van der Waals surface area contributed by atoms with Gasteiger partial charge in [-0.05, 0) is 31.2 Å². The van der Waals surface area contributed by atoms with Gasteiger partial charge in [-0.25, -0.2) is 0 Å². The number of likely N-dealkylation sites (N-methyl/N-ethyl adjacent to an activating group) is 1. The highest BCUT2D eigenvalue weighted by Gasteiger charge is 2.13. The molecule has 0 spiro atoms. The molecule has 0 aromatic heterocycles. The Kier molecular flexibility index (Phi) is 7.79. The number of esters is 1. The number of benzene rings is 1. The molecule has 0 saturated heterocycles. The summed E-state index contributed by atoms with van der Waals surface area (Å²) >= 11 is 5.80. The number of ether oxygens (including phenoxy) is 1. The summed E-state index contributed by atoms with van der Waals surface area (Å²) in [6.45, 7) is 5.33. The van der Waals surface area contributed by atoms with Gasteiger partial charge in [0.1, 0.15) is 0 Å². The van der Waals surface area contributed by atoms with E-state index in [0.717, 1.165) is 5.56 Å². The molecule has 1 N–H and O–H groups in total. The predicted molar refractivity (Wildman–Crippen MR) is 82.0 cm³/mol. The van der Waals surface area contributed by atoms with E-state index in [1.807, 2.05) is 19.1 Å². The lowest BCUT2D eigenvalue weighted by Crippen LogP contribution is -2.39. The highest BCUT2D eigenvalue weighted by molar-refractivity contribution is 6.30. The van der Waals surface area contributed by atoms with Crippen molar-refractivity contribution >= 4 is 23.5 Å². The van der Waals surface area contributed by atoms with Crippen LogP contribution in [0.4, 0.5) is 0 Å². The maximum atomic E-state index is 11.9. The van der Waals surface area contributed by atoms with Crippen LogP contribution in [-0.2, 0) is 20.9 Å². The fourth-order valence-electron chi connectivity index (χ4n) is 1.73. The Morgan fingerprint density at radius 3 is 2.43 bits per heavy atom. The van der Waals surface area contributed by atoms with Crippen molar-refractivity contribution in [1.82, 2.24) is 10.2 Å². The third-order valence-electron chi connectivity index (χ3n) is 2.88. The number of nitrogens with one attached hydrogen (secondary N) is 1. The van der Waals surface area contributed by atoms with Crippen molar-refractivity contribution in [2.24, 2.45) is 0 Å². The summed E-state index contributed by atoms with van der Waals surface area (Å²) in [5.74, 6) is -0.444. The number of halogens is 1. The lowest BCUT2D eigenvalue weighted by atomic mass is 10.2. The quantitative estimate of drug-likeness (QED) is 0.744. The zero-order chi connectivity index (χ0) is 15.7. The third-order valence-corrected chi connectivity index (χ3v) is 3.13. The van der Waals surface area contributed by atoms with Crippen LogP contribution in [0.2, 0.25) is 5.02 Å². The molecule has 1 aromatic rings. The Bertz CT molecular complexity index is 462. The van der Waals surface area contributed by atoms with Gasteiger partial charge in [0, 0.05) is 11.6 Å². The van der Waals surface area contributed by atoms with E-state index in [1.165, 1.54) is 0 Å². The molecule has 5 nitrogen and oxygen atoms in total. The van der Waals surface area contributed by atoms with Crippen molar-refractivity contribution in [3.63, 3.8) is 0 Å². The minimum Gasteiger partial charge on any atom is -0.465 e. The summed E-state index contributed by atoms with van der Waals surface area (Å²) in [6.07, 6.45) is 0. The first kappa shape index (κ1) is 17.5. The molecule has 0 saturated carbocycles. The second-order valence-corrected chi connectivity index (χ2v) is 4.95. The molecule has 21 heavy (non-hydrogen) atoms. The number of carbonyl (C=O) groups excluding carboxylic acids is 2. The second-order valence-electron chi connectivity index (χ2n) is 4.51. The standard InChI is InChI=1S/C15H21ClN2O3/c1-3-18(11-15(20)21-4-2)10-14(19)17-9-12-5-7-13(16)8-6-12/h5-8H,3-4,9-11H2,1-2H3,(H,17,19). The van der Waals surface area contributed by atoms with E-state index in [1.54, 1.807) is 24.0 Å². The lowest BCUT2D eigenvalue weighted by molar-refractivity contribution is -0.144. The lowest BCUT2D eigenvalue weighted by Gasteiger charge is -2.18. The summed E-state index contributed by atoms with van der Waals surface area (Å²) in [4.78, 5) is 25.0. The van der Waals surface area contributed by atoms with Crippen LogP contribution in [-0.4, -0.2) is 43.0 Å². The highest BCUT2D eigenvalue weighted by Crippen LogP contribution is 2.09. The van der Waals surface area contributed by atoms with Crippen LogP contribution in [0.5, 0.6) is 0 Å². The number of hydrogen-bond acceptors (Lipinski definition) is 4. The van der Waals surface area contributed by atoms with Gasteiger partial charge in [-0.2, -0.15) is 0 Å². The Labute approximate surface area is 130 Å². The topological polar surface area (TPSA) is 58.6 Å². The van der Waals surface area contributed by atoms with Gasteiger partial charge in [-0.1, -0.05) is 30.7 Å². The number of carbonyl (C=O) groups is 2. The fraction of sp³-hybridized carbons (Fsp3) is 0.467. The minimum atomic E-state index is -0.315. The molecule has 0 bridgehead atoms. The van der Waals surface area contributed by atoms with Gasteiger partial charge in [0.05, 0.1) is 19.7 Å². The molecule has 1 amide bonds. The predicted octanol–water partition coefficient (Wildman–Crippen LogP) is 1.84. The summed E-state index contributed by atoms with van der Waals surface area (Å²) in [5, 5.41) is 3.48. The molecule has 0 radical (unpaired) electrons. The van der Waals surface area contributed by atoms with Gasteiger partial charge in [-0.15, -0.1) is 0 Å². The first-order valence-corrected chi connectivity index (χ1v) is 7.32. The molecular weight excluding hydrogens is 292 g/mol.